The summed E-state index contributed by atoms with van der Waals surface area (Å²) in [5.74, 6) is 0. The first-order chi connectivity index (χ1) is 6.77. The van der Waals surface area contributed by atoms with Crippen LogP contribution in [0.5, 0.6) is 0 Å². The Hall–Kier alpha value is -0.0600. The Morgan fingerprint density at radius 1 is 1.43 bits per heavy atom. The van der Waals surface area contributed by atoms with E-state index in [1.807, 2.05) is 6.07 Å². The average Bonchev–Trinajstić information content (AvgIpc) is 2.75. The Kier molecular flexibility index (Phi) is 3.47. The van der Waals surface area contributed by atoms with Crippen LogP contribution in [0.3, 0.4) is 0 Å². The second kappa shape index (κ2) is 4.64. The van der Waals surface area contributed by atoms with E-state index in [0.29, 0.717) is 4.83 Å². The number of alkyl halides is 1. The minimum Gasteiger partial charge on any atom is -0.457 e. The summed E-state index contributed by atoms with van der Waals surface area (Å²) in [5.41, 5.74) is 1.17. The van der Waals surface area contributed by atoms with Gasteiger partial charge < -0.3 is 4.42 Å². The Labute approximate surface area is 103 Å². The van der Waals surface area contributed by atoms with Crippen LogP contribution >= 0.6 is 43.2 Å². The van der Waals surface area contributed by atoms with Gasteiger partial charge in [0, 0.05) is 15.3 Å². The van der Waals surface area contributed by atoms with Gasteiger partial charge in [0.15, 0.2) is 4.67 Å². The summed E-state index contributed by atoms with van der Waals surface area (Å²) in [6, 6.07) is 6.20. The molecule has 0 aliphatic carbocycles. The molecule has 2 aromatic rings. The highest BCUT2D eigenvalue weighted by atomic mass is 79.9. The van der Waals surface area contributed by atoms with E-state index in [4.69, 9.17) is 4.42 Å². The summed E-state index contributed by atoms with van der Waals surface area (Å²) in [7, 11) is 0. The zero-order valence-electron chi connectivity index (χ0n) is 7.24. The number of furan rings is 1. The average molecular weight is 336 g/mol. The molecule has 2 rings (SSSR count). The second-order valence-electron chi connectivity index (χ2n) is 2.90. The predicted octanol–water partition coefficient (Wildman–Crippen LogP) is 4.78. The number of halogens is 2. The fraction of sp³-hybridized carbons (Fsp3) is 0.200. The van der Waals surface area contributed by atoms with Crippen LogP contribution in [-0.4, -0.2) is 0 Å². The molecule has 1 atom stereocenters. The number of rotatable bonds is 3. The van der Waals surface area contributed by atoms with Crippen molar-refractivity contribution in [2.75, 3.05) is 0 Å². The van der Waals surface area contributed by atoms with Crippen LogP contribution in [0.25, 0.3) is 0 Å². The summed E-state index contributed by atoms with van der Waals surface area (Å²) >= 11 is 8.81. The fourth-order valence-corrected chi connectivity index (χ4v) is 3.74. The van der Waals surface area contributed by atoms with E-state index in [1.54, 1.807) is 17.6 Å². The Bertz CT molecular complexity index is 394. The molecule has 14 heavy (non-hydrogen) atoms. The second-order valence-corrected chi connectivity index (χ2v) is 5.76. The van der Waals surface area contributed by atoms with Gasteiger partial charge >= 0.3 is 0 Å². The van der Waals surface area contributed by atoms with Crippen molar-refractivity contribution in [2.45, 2.75) is 11.2 Å². The van der Waals surface area contributed by atoms with E-state index in [1.165, 1.54) is 10.4 Å². The molecule has 0 radical (unpaired) electrons. The van der Waals surface area contributed by atoms with Gasteiger partial charge in [0.1, 0.15) is 0 Å². The first-order valence-electron chi connectivity index (χ1n) is 4.16. The highest BCUT2D eigenvalue weighted by Gasteiger charge is 2.14. The molecule has 4 heteroatoms. The van der Waals surface area contributed by atoms with Crippen molar-refractivity contribution in [1.82, 2.24) is 0 Å². The number of hydrogen-bond donors (Lipinski definition) is 0. The molecule has 74 valence electrons. The van der Waals surface area contributed by atoms with Gasteiger partial charge in [0.2, 0.25) is 0 Å². The lowest BCUT2D eigenvalue weighted by Crippen LogP contribution is -1.91. The number of hydrogen-bond acceptors (Lipinski definition) is 2. The molecule has 1 nitrogen and oxygen atoms in total. The van der Waals surface area contributed by atoms with Gasteiger partial charge in [-0.25, -0.2) is 0 Å². The van der Waals surface area contributed by atoms with Crippen LogP contribution in [0.1, 0.15) is 15.3 Å². The summed E-state index contributed by atoms with van der Waals surface area (Å²) in [5, 5.41) is 2.10. The molecular weight excluding hydrogens is 328 g/mol. The fourth-order valence-electron chi connectivity index (χ4n) is 1.24. The van der Waals surface area contributed by atoms with Crippen LogP contribution < -0.4 is 0 Å². The third-order valence-electron chi connectivity index (χ3n) is 1.94. The number of thiophene rings is 1. The van der Waals surface area contributed by atoms with Crippen LogP contribution in [0.15, 0.2) is 38.9 Å². The first kappa shape index (κ1) is 10.5. The van der Waals surface area contributed by atoms with E-state index >= 15 is 0 Å². The molecule has 1 unspecified atom stereocenters. The van der Waals surface area contributed by atoms with Crippen molar-refractivity contribution >= 4 is 43.2 Å². The standard InChI is InChI=1S/C10H8Br2OS/c11-9(6-7-2-1-5-14-7)8-3-4-13-10(8)12/h1-5,9H,6H2. The smallest absolute Gasteiger partial charge is 0.173 e. The van der Waals surface area contributed by atoms with Crippen molar-refractivity contribution < 1.29 is 4.42 Å². The van der Waals surface area contributed by atoms with Gasteiger partial charge in [-0.1, -0.05) is 22.0 Å². The van der Waals surface area contributed by atoms with Gasteiger partial charge in [-0.3, -0.25) is 0 Å². The van der Waals surface area contributed by atoms with Crippen LogP contribution in [0.2, 0.25) is 0 Å². The monoisotopic (exact) mass is 334 g/mol. The molecule has 0 aliphatic rings. The minimum atomic E-state index is 0.314. The Balaban J connectivity index is 2.10. The molecule has 2 aromatic heterocycles. The lowest BCUT2D eigenvalue weighted by molar-refractivity contribution is 0.536. The SMILES string of the molecule is Brc1occc1C(Br)Cc1cccs1. The van der Waals surface area contributed by atoms with Crippen LogP contribution in [-0.2, 0) is 6.42 Å². The zero-order valence-corrected chi connectivity index (χ0v) is 11.2. The Morgan fingerprint density at radius 3 is 2.86 bits per heavy atom. The van der Waals surface area contributed by atoms with Crippen molar-refractivity contribution in [2.24, 2.45) is 0 Å². The lowest BCUT2D eigenvalue weighted by Gasteiger charge is -2.05. The van der Waals surface area contributed by atoms with Gasteiger partial charge in [0.25, 0.3) is 0 Å². The van der Waals surface area contributed by atoms with Crippen molar-refractivity contribution in [3.05, 3.63) is 45.0 Å². The minimum absolute atomic E-state index is 0.314. The van der Waals surface area contributed by atoms with Gasteiger partial charge in [-0.2, -0.15) is 0 Å². The molecule has 0 spiro atoms. The lowest BCUT2D eigenvalue weighted by atomic mass is 10.2. The topological polar surface area (TPSA) is 13.1 Å². The van der Waals surface area contributed by atoms with Gasteiger partial charge in [-0.15, -0.1) is 11.3 Å². The third kappa shape index (κ3) is 2.30. The summed E-state index contributed by atoms with van der Waals surface area (Å²) in [4.78, 5) is 1.69. The molecule has 0 bridgehead atoms. The molecule has 0 saturated carbocycles. The van der Waals surface area contributed by atoms with Crippen molar-refractivity contribution in [1.29, 1.82) is 0 Å². The van der Waals surface area contributed by atoms with Crippen molar-refractivity contribution in [3.8, 4) is 0 Å². The molecule has 0 amide bonds. The largest absolute Gasteiger partial charge is 0.457 e. The molecule has 0 fully saturated rings. The van der Waals surface area contributed by atoms with Gasteiger partial charge in [-0.05, 0) is 39.9 Å². The maximum absolute atomic E-state index is 5.19. The first-order valence-corrected chi connectivity index (χ1v) is 6.75. The molecule has 0 aliphatic heterocycles. The van der Waals surface area contributed by atoms with Crippen molar-refractivity contribution in [3.63, 3.8) is 0 Å². The van der Waals surface area contributed by atoms with E-state index < -0.39 is 0 Å². The van der Waals surface area contributed by atoms with E-state index in [-0.39, 0.29) is 0 Å². The molecular formula is C10H8Br2OS. The van der Waals surface area contributed by atoms with E-state index in [2.05, 4.69) is 49.4 Å². The Morgan fingerprint density at radius 2 is 2.29 bits per heavy atom. The normalized spacial score (nSPS) is 13.0. The molecule has 2 heterocycles. The third-order valence-corrected chi connectivity index (χ3v) is 4.30. The maximum atomic E-state index is 5.19. The quantitative estimate of drug-likeness (QED) is 0.735. The molecule has 0 N–H and O–H groups in total. The predicted molar refractivity (Wildman–Crippen MR) is 66.1 cm³/mol. The van der Waals surface area contributed by atoms with E-state index in [9.17, 15) is 0 Å². The maximum Gasteiger partial charge on any atom is 0.173 e. The van der Waals surface area contributed by atoms with Crippen LogP contribution in [0, 0.1) is 0 Å². The van der Waals surface area contributed by atoms with Crippen LogP contribution in [0.4, 0.5) is 0 Å². The summed E-state index contributed by atoms with van der Waals surface area (Å²) in [6.07, 6.45) is 2.69. The van der Waals surface area contributed by atoms with Gasteiger partial charge in [0.05, 0.1) is 6.26 Å². The highest BCUT2D eigenvalue weighted by molar-refractivity contribution is 9.10. The summed E-state index contributed by atoms with van der Waals surface area (Å²) < 4.78 is 6.01. The molecule has 0 saturated heterocycles. The summed E-state index contributed by atoms with van der Waals surface area (Å²) in [6.45, 7) is 0. The highest BCUT2D eigenvalue weighted by Crippen LogP contribution is 2.33. The zero-order chi connectivity index (χ0) is 9.97. The van der Waals surface area contributed by atoms with E-state index in [0.717, 1.165) is 11.1 Å². The molecule has 0 aromatic carbocycles.